The lowest BCUT2D eigenvalue weighted by Crippen LogP contribution is -2.28. The van der Waals surface area contributed by atoms with Crippen molar-refractivity contribution >= 4 is 11.5 Å². The first-order chi connectivity index (χ1) is 6.97. The zero-order valence-corrected chi connectivity index (χ0v) is 10.3. The molecule has 84 valence electrons. The Balaban J connectivity index is 1.98. The molecule has 15 heavy (non-hydrogen) atoms. The van der Waals surface area contributed by atoms with Crippen LogP contribution in [0.1, 0.15) is 50.4 Å². The Bertz CT molecular complexity index is 339. The zero-order chi connectivity index (χ0) is 11.1. The lowest BCUT2D eigenvalue weighted by Gasteiger charge is -2.24. The van der Waals surface area contributed by atoms with Gasteiger partial charge in [-0.1, -0.05) is 20.8 Å². The van der Waals surface area contributed by atoms with Crippen molar-refractivity contribution in [3.05, 3.63) is 10.8 Å². The molecule has 0 aromatic carbocycles. The van der Waals surface area contributed by atoms with E-state index in [2.05, 4.69) is 9.36 Å². The van der Waals surface area contributed by atoms with E-state index >= 15 is 0 Å². The molecule has 1 aromatic heterocycles. The van der Waals surface area contributed by atoms with Crippen molar-refractivity contribution in [1.82, 2.24) is 9.36 Å². The third kappa shape index (κ3) is 2.75. The number of aliphatic hydroxyl groups excluding tert-OH is 1. The van der Waals surface area contributed by atoms with Crippen LogP contribution in [-0.4, -0.2) is 20.6 Å². The average molecular weight is 226 g/mol. The molecule has 4 heteroatoms. The highest BCUT2D eigenvalue weighted by atomic mass is 32.1. The van der Waals surface area contributed by atoms with Crippen molar-refractivity contribution in [1.29, 1.82) is 0 Å². The van der Waals surface area contributed by atoms with E-state index in [1.165, 1.54) is 24.4 Å². The maximum atomic E-state index is 9.94. The Kier molecular flexibility index (Phi) is 2.81. The second kappa shape index (κ2) is 3.83. The van der Waals surface area contributed by atoms with Crippen molar-refractivity contribution in [2.45, 2.75) is 52.1 Å². The van der Waals surface area contributed by atoms with Gasteiger partial charge >= 0.3 is 0 Å². The van der Waals surface area contributed by atoms with Crippen molar-refractivity contribution < 1.29 is 5.11 Å². The minimum Gasteiger partial charge on any atom is -0.392 e. The van der Waals surface area contributed by atoms with E-state index in [9.17, 15) is 5.11 Å². The maximum absolute atomic E-state index is 9.94. The molecule has 0 aliphatic heterocycles. The van der Waals surface area contributed by atoms with E-state index in [1.54, 1.807) is 0 Å². The van der Waals surface area contributed by atoms with Gasteiger partial charge < -0.3 is 5.11 Å². The molecule has 0 bridgehead atoms. The Morgan fingerprint density at radius 2 is 2.13 bits per heavy atom. The van der Waals surface area contributed by atoms with Crippen LogP contribution < -0.4 is 0 Å². The van der Waals surface area contributed by atoms with Crippen LogP contribution >= 0.6 is 11.5 Å². The Hall–Kier alpha value is -0.480. The van der Waals surface area contributed by atoms with Crippen LogP contribution in [0.3, 0.4) is 0 Å². The maximum Gasteiger partial charge on any atom is 0.145 e. The lowest BCUT2D eigenvalue weighted by molar-refractivity contribution is 0.0635. The molecule has 0 saturated heterocycles. The van der Waals surface area contributed by atoms with Gasteiger partial charge in [-0.05, 0) is 29.8 Å². The fraction of sp³-hybridized carbons (Fsp3) is 0.818. The van der Waals surface area contributed by atoms with Crippen LogP contribution in [0.25, 0.3) is 0 Å². The number of aromatic nitrogens is 2. The SMILES string of the molecule is CC(C)(C)C(O)Cc1nc(C2CC2)ns1. The van der Waals surface area contributed by atoms with Crippen molar-refractivity contribution in [3.8, 4) is 0 Å². The summed E-state index contributed by atoms with van der Waals surface area (Å²) in [6, 6.07) is 0. The molecule has 1 aromatic rings. The molecule has 1 N–H and O–H groups in total. The molecule has 2 rings (SSSR count). The monoisotopic (exact) mass is 226 g/mol. The summed E-state index contributed by atoms with van der Waals surface area (Å²) in [5, 5.41) is 10.9. The lowest BCUT2D eigenvalue weighted by atomic mass is 9.87. The first-order valence-corrected chi connectivity index (χ1v) is 6.24. The van der Waals surface area contributed by atoms with Gasteiger partial charge in [0.25, 0.3) is 0 Å². The van der Waals surface area contributed by atoms with Gasteiger partial charge in [-0.25, -0.2) is 4.98 Å². The molecule has 1 aliphatic rings. The van der Waals surface area contributed by atoms with E-state index in [4.69, 9.17) is 0 Å². The second-order valence-electron chi connectivity index (χ2n) is 5.41. The smallest absolute Gasteiger partial charge is 0.145 e. The van der Waals surface area contributed by atoms with Crippen molar-refractivity contribution in [3.63, 3.8) is 0 Å². The highest BCUT2D eigenvalue weighted by Gasteiger charge is 2.29. The minimum atomic E-state index is -0.336. The fourth-order valence-electron chi connectivity index (χ4n) is 1.33. The van der Waals surface area contributed by atoms with Crippen LogP contribution in [0.2, 0.25) is 0 Å². The summed E-state index contributed by atoms with van der Waals surface area (Å²) in [4.78, 5) is 4.47. The van der Waals surface area contributed by atoms with Crippen LogP contribution in [0.4, 0.5) is 0 Å². The molecular weight excluding hydrogens is 208 g/mol. The first-order valence-electron chi connectivity index (χ1n) is 5.47. The van der Waals surface area contributed by atoms with Crippen LogP contribution in [-0.2, 0) is 6.42 Å². The molecule has 0 amide bonds. The van der Waals surface area contributed by atoms with Crippen LogP contribution in [0, 0.1) is 5.41 Å². The number of aliphatic hydroxyl groups is 1. The predicted molar refractivity (Wildman–Crippen MR) is 61.0 cm³/mol. The Labute approximate surface area is 94.7 Å². The third-order valence-corrected chi connectivity index (χ3v) is 3.54. The normalized spacial score (nSPS) is 19.2. The molecule has 1 atom stereocenters. The average Bonchev–Trinajstić information content (AvgIpc) is 2.87. The quantitative estimate of drug-likeness (QED) is 0.860. The highest BCUT2D eigenvalue weighted by Crippen LogP contribution is 2.38. The number of hydrogen-bond acceptors (Lipinski definition) is 4. The summed E-state index contributed by atoms with van der Waals surface area (Å²) in [5.41, 5.74) is -0.0780. The van der Waals surface area contributed by atoms with Gasteiger partial charge in [0.15, 0.2) is 0 Å². The summed E-state index contributed by atoms with van der Waals surface area (Å²) in [7, 11) is 0. The molecule has 1 fully saturated rings. The van der Waals surface area contributed by atoms with E-state index in [0.717, 1.165) is 10.8 Å². The van der Waals surface area contributed by atoms with Gasteiger partial charge in [0.05, 0.1) is 6.10 Å². The second-order valence-corrected chi connectivity index (χ2v) is 6.24. The summed E-state index contributed by atoms with van der Waals surface area (Å²) >= 11 is 1.44. The largest absolute Gasteiger partial charge is 0.392 e. The van der Waals surface area contributed by atoms with E-state index in [1.807, 2.05) is 20.8 Å². The standard InChI is InChI=1S/C11H18N2OS/c1-11(2,3)8(14)6-9-12-10(13-15-9)7-4-5-7/h7-8,14H,4-6H2,1-3H3. The molecule has 1 heterocycles. The molecule has 1 unspecified atom stereocenters. The predicted octanol–water partition coefficient (Wildman–Crippen LogP) is 2.37. The number of hydrogen-bond donors (Lipinski definition) is 1. The topological polar surface area (TPSA) is 46.0 Å². The summed E-state index contributed by atoms with van der Waals surface area (Å²) < 4.78 is 4.33. The van der Waals surface area contributed by atoms with Gasteiger partial charge in [-0.3, -0.25) is 0 Å². The van der Waals surface area contributed by atoms with E-state index in [-0.39, 0.29) is 11.5 Å². The van der Waals surface area contributed by atoms with E-state index < -0.39 is 0 Å². The van der Waals surface area contributed by atoms with E-state index in [0.29, 0.717) is 12.3 Å². The Morgan fingerprint density at radius 3 is 2.67 bits per heavy atom. The Morgan fingerprint density at radius 1 is 1.47 bits per heavy atom. The highest BCUT2D eigenvalue weighted by molar-refractivity contribution is 7.05. The molecule has 1 saturated carbocycles. The van der Waals surface area contributed by atoms with Crippen molar-refractivity contribution in [2.24, 2.45) is 5.41 Å². The minimum absolute atomic E-state index is 0.0780. The van der Waals surface area contributed by atoms with Gasteiger partial charge in [0.1, 0.15) is 10.8 Å². The molecule has 0 radical (unpaired) electrons. The van der Waals surface area contributed by atoms with Gasteiger partial charge in [0, 0.05) is 12.3 Å². The number of rotatable bonds is 3. The zero-order valence-electron chi connectivity index (χ0n) is 9.53. The van der Waals surface area contributed by atoms with Crippen molar-refractivity contribution in [2.75, 3.05) is 0 Å². The van der Waals surface area contributed by atoms with Gasteiger partial charge in [-0.2, -0.15) is 4.37 Å². The van der Waals surface area contributed by atoms with Crippen LogP contribution in [0.5, 0.6) is 0 Å². The van der Waals surface area contributed by atoms with Crippen LogP contribution in [0.15, 0.2) is 0 Å². The molecular formula is C11H18N2OS. The third-order valence-electron chi connectivity index (χ3n) is 2.79. The molecule has 1 aliphatic carbocycles. The molecule has 3 nitrogen and oxygen atoms in total. The summed E-state index contributed by atoms with van der Waals surface area (Å²) in [5.74, 6) is 1.61. The van der Waals surface area contributed by atoms with Gasteiger partial charge in [0.2, 0.25) is 0 Å². The number of nitrogens with zero attached hydrogens (tertiary/aromatic N) is 2. The molecule has 0 spiro atoms. The summed E-state index contributed by atoms with van der Waals surface area (Å²) in [6.07, 6.45) is 2.77. The summed E-state index contributed by atoms with van der Waals surface area (Å²) in [6.45, 7) is 6.13. The first kappa shape index (κ1) is 11.0. The van der Waals surface area contributed by atoms with Gasteiger partial charge in [-0.15, -0.1) is 0 Å². The fourth-order valence-corrected chi connectivity index (χ4v) is 2.09.